The van der Waals surface area contributed by atoms with Gasteiger partial charge in [-0.05, 0) is 65.7 Å². The van der Waals surface area contributed by atoms with E-state index in [4.69, 9.17) is 9.47 Å². The lowest BCUT2D eigenvalue weighted by atomic mass is 10.1. The van der Waals surface area contributed by atoms with E-state index in [9.17, 15) is 0 Å². The molecule has 4 heterocycles. The van der Waals surface area contributed by atoms with Gasteiger partial charge in [0.05, 0.1) is 25.4 Å². The highest BCUT2D eigenvalue weighted by atomic mass is 16.5. The fraction of sp³-hybridized carbons (Fsp3) is 1.00. The van der Waals surface area contributed by atoms with Gasteiger partial charge >= 0.3 is 0 Å². The van der Waals surface area contributed by atoms with E-state index >= 15 is 0 Å². The van der Waals surface area contributed by atoms with Crippen molar-refractivity contribution < 1.29 is 9.47 Å². The van der Waals surface area contributed by atoms with Gasteiger partial charge in [0.1, 0.15) is 0 Å². The molecule has 4 rings (SSSR count). The summed E-state index contributed by atoms with van der Waals surface area (Å²) >= 11 is 0. The Labute approximate surface area is 290 Å². The predicted molar refractivity (Wildman–Crippen MR) is 205 cm³/mol. The van der Waals surface area contributed by atoms with Crippen LogP contribution in [0.15, 0.2) is 0 Å². The van der Waals surface area contributed by atoms with Crippen molar-refractivity contribution in [2.24, 2.45) is 0 Å². The third-order valence-electron chi connectivity index (χ3n) is 8.86. The minimum atomic E-state index is 0.512. The van der Waals surface area contributed by atoms with Gasteiger partial charge < -0.3 is 29.1 Å². The summed E-state index contributed by atoms with van der Waals surface area (Å²) in [5.74, 6) is 0. The molecule has 0 spiro atoms. The zero-order valence-corrected chi connectivity index (χ0v) is 33.6. The Morgan fingerprint density at radius 1 is 0.391 bits per heavy atom. The molecule has 4 aliphatic heterocycles. The minimum absolute atomic E-state index is 0.512. The molecule has 0 bridgehead atoms. The maximum absolute atomic E-state index is 6.03. The second kappa shape index (κ2) is 34.5. The van der Waals surface area contributed by atoms with Gasteiger partial charge in [-0.1, -0.05) is 69.2 Å². The van der Waals surface area contributed by atoms with E-state index in [1.165, 1.54) is 130 Å². The third-order valence-corrected chi connectivity index (χ3v) is 8.86. The van der Waals surface area contributed by atoms with Crippen LogP contribution in [0.1, 0.15) is 108 Å². The number of ether oxygens (including phenoxy) is 2. The predicted octanol–water partition coefficient (Wildman–Crippen LogP) is 6.35. The van der Waals surface area contributed by atoms with Gasteiger partial charge in [0.15, 0.2) is 0 Å². The van der Waals surface area contributed by atoms with E-state index in [1.54, 1.807) is 0 Å². The maximum Gasteiger partial charge on any atom is 0.0600 e. The first kappa shape index (κ1) is 47.8. The highest BCUT2D eigenvalue weighted by molar-refractivity contribution is 4.74. The lowest BCUT2D eigenvalue weighted by Crippen LogP contribution is -2.47. The number of nitrogens with zero attached hydrogens (tertiary/aromatic N) is 6. The van der Waals surface area contributed by atoms with Crippen LogP contribution in [0, 0.1) is 0 Å². The monoisotopic (exact) mass is 659 g/mol. The van der Waals surface area contributed by atoms with Crippen molar-refractivity contribution in [3.8, 4) is 0 Å². The van der Waals surface area contributed by atoms with Gasteiger partial charge in [-0.2, -0.15) is 0 Å². The normalized spacial score (nSPS) is 21.1. The SMILES string of the molecule is CC.CC.CC.CC.CCCN1CCN(CCOC2CCN(C)CC2)CC1.CCCN1CCN(CCOC2CCN(C)CC2)CC1. The largest absolute Gasteiger partial charge is 0.377 e. The number of hydrogen-bond donors (Lipinski definition) is 0. The fourth-order valence-electron chi connectivity index (χ4n) is 6.11. The van der Waals surface area contributed by atoms with Crippen LogP contribution in [0.5, 0.6) is 0 Å². The molecule has 0 aromatic carbocycles. The van der Waals surface area contributed by atoms with E-state index < -0.39 is 0 Å². The summed E-state index contributed by atoms with van der Waals surface area (Å²) in [6, 6.07) is 0. The van der Waals surface area contributed by atoms with Crippen molar-refractivity contribution in [1.29, 1.82) is 0 Å². The number of rotatable bonds is 12. The van der Waals surface area contributed by atoms with Crippen LogP contribution in [-0.2, 0) is 9.47 Å². The molecule has 46 heavy (non-hydrogen) atoms. The molecule has 0 saturated carbocycles. The van der Waals surface area contributed by atoms with Crippen LogP contribution in [0.4, 0.5) is 0 Å². The van der Waals surface area contributed by atoms with Crippen molar-refractivity contribution in [2.75, 3.05) is 132 Å². The smallest absolute Gasteiger partial charge is 0.0600 e. The molecule has 0 aromatic rings. The van der Waals surface area contributed by atoms with Crippen LogP contribution in [-0.4, -0.2) is 174 Å². The van der Waals surface area contributed by atoms with Crippen molar-refractivity contribution >= 4 is 0 Å². The molecule has 0 aromatic heterocycles. The summed E-state index contributed by atoms with van der Waals surface area (Å²) in [6.07, 6.45) is 8.41. The second-order valence-electron chi connectivity index (χ2n) is 12.1. The van der Waals surface area contributed by atoms with Crippen LogP contribution in [0.25, 0.3) is 0 Å². The Morgan fingerprint density at radius 2 is 0.630 bits per heavy atom. The molecule has 0 N–H and O–H groups in total. The van der Waals surface area contributed by atoms with Gasteiger partial charge in [0.25, 0.3) is 0 Å². The molecule has 0 aliphatic carbocycles. The molecule has 0 unspecified atom stereocenters. The van der Waals surface area contributed by atoms with E-state index in [-0.39, 0.29) is 0 Å². The Balaban J connectivity index is 0. The molecule has 8 nitrogen and oxygen atoms in total. The summed E-state index contributed by atoms with van der Waals surface area (Å²) in [4.78, 5) is 15.1. The highest BCUT2D eigenvalue weighted by Gasteiger charge is 2.20. The van der Waals surface area contributed by atoms with Crippen LogP contribution < -0.4 is 0 Å². The van der Waals surface area contributed by atoms with Gasteiger partial charge in [-0.25, -0.2) is 0 Å². The van der Waals surface area contributed by atoms with Gasteiger partial charge in [0, 0.05) is 91.6 Å². The Kier molecular flexibility index (Phi) is 35.9. The fourth-order valence-corrected chi connectivity index (χ4v) is 6.11. The molecule has 4 aliphatic rings. The summed E-state index contributed by atoms with van der Waals surface area (Å²) in [5.41, 5.74) is 0. The molecule has 0 radical (unpaired) electrons. The van der Waals surface area contributed by atoms with E-state index in [0.717, 1.165) is 26.3 Å². The Morgan fingerprint density at radius 3 is 0.870 bits per heavy atom. The number of piperazine rings is 2. The Bertz CT molecular complexity index is 520. The molecule has 280 valence electrons. The maximum atomic E-state index is 6.03. The molecule has 4 saturated heterocycles. The lowest BCUT2D eigenvalue weighted by molar-refractivity contribution is -0.00264. The minimum Gasteiger partial charge on any atom is -0.377 e. The topological polar surface area (TPSA) is 37.9 Å². The third kappa shape index (κ3) is 23.9. The van der Waals surface area contributed by atoms with Crippen molar-refractivity contribution in [3.05, 3.63) is 0 Å². The average molecular weight is 659 g/mol. The number of hydrogen-bond acceptors (Lipinski definition) is 8. The van der Waals surface area contributed by atoms with Crippen molar-refractivity contribution in [2.45, 2.75) is 120 Å². The first-order valence-corrected chi connectivity index (χ1v) is 20.1. The summed E-state index contributed by atoms with van der Waals surface area (Å²) < 4.78 is 12.1. The number of likely N-dealkylation sites (tertiary alicyclic amines) is 2. The summed E-state index contributed by atoms with van der Waals surface area (Å²) in [6.45, 7) is 41.7. The first-order chi connectivity index (χ1) is 22.6. The van der Waals surface area contributed by atoms with E-state index in [1.807, 2.05) is 55.4 Å². The Hall–Kier alpha value is -0.320. The van der Waals surface area contributed by atoms with E-state index in [2.05, 4.69) is 57.3 Å². The quantitative estimate of drug-likeness (QED) is 0.240. The van der Waals surface area contributed by atoms with Crippen LogP contribution in [0.2, 0.25) is 0 Å². The van der Waals surface area contributed by atoms with Gasteiger partial charge in [-0.3, -0.25) is 9.80 Å². The molecule has 4 fully saturated rings. The summed E-state index contributed by atoms with van der Waals surface area (Å²) in [5, 5.41) is 0. The molecule has 0 atom stereocenters. The highest BCUT2D eigenvalue weighted by Crippen LogP contribution is 2.13. The lowest BCUT2D eigenvalue weighted by Gasteiger charge is -2.35. The molecule has 0 amide bonds. The van der Waals surface area contributed by atoms with Crippen LogP contribution >= 0.6 is 0 Å². The average Bonchev–Trinajstić information content (AvgIpc) is 3.12. The second-order valence-corrected chi connectivity index (χ2v) is 12.1. The zero-order valence-electron chi connectivity index (χ0n) is 33.6. The van der Waals surface area contributed by atoms with Gasteiger partial charge in [0.2, 0.25) is 0 Å². The molecule has 8 heteroatoms. The van der Waals surface area contributed by atoms with Crippen molar-refractivity contribution in [3.63, 3.8) is 0 Å². The van der Waals surface area contributed by atoms with Gasteiger partial charge in [-0.15, -0.1) is 0 Å². The van der Waals surface area contributed by atoms with Crippen LogP contribution in [0.3, 0.4) is 0 Å². The number of piperidine rings is 2. The molecular weight excluding hydrogens is 572 g/mol. The standard InChI is InChI=1S/2C15H31N3O.4C2H6/c2*1-3-6-17-9-11-18(12-10-17)13-14-19-15-4-7-16(2)8-5-15;4*1-2/h2*15H,3-14H2,1-2H3;4*1-2H3. The van der Waals surface area contributed by atoms with E-state index in [0.29, 0.717) is 12.2 Å². The summed E-state index contributed by atoms with van der Waals surface area (Å²) in [7, 11) is 4.40. The zero-order chi connectivity index (χ0) is 35.0. The van der Waals surface area contributed by atoms with Crippen molar-refractivity contribution in [1.82, 2.24) is 29.4 Å². The first-order valence-electron chi connectivity index (χ1n) is 20.1. The molecular formula is C38H86N6O2.